The van der Waals surface area contributed by atoms with Gasteiger partial charge < -0.3 is 15.4 Å². The Kier molecular flexibility index (Phi) is 5.08. The highest BCUT2D eigenvalue weighted by molar-refractivity contribution is 6.32. The zero-order valence-corrected chi connectivity index (χ0v) is 10.1. The van der Waals surface area contributed by atoms with E-state index in [-0.39, 0.29) is 12.5 Å². The van der Waals surface area contributed by atoms with Gasteiger partial charge in [0.05, 0.1) is 5.02 Å². The molecule has 0 aromatic heterocycles. The van der Waals surface area contributed by atoms with Crippen molar-refractivity contribution < 1.29 is 9.53 Å². The summed E-state index contributed by atoms with van der Waals surface area (Å²) < 4.78 is 5.26. The molecule has 0 saturated heterocycles. The highest BCUT2D eigenvalue weighted by atomic mass is 35.5. The van der Waals surface area contributed by atoms with Crippen molar-refractivity contribution in [3.63, 3.8) is 0 Å². The van der Waals surface area contributed by atoms with Crippen molar-refractivity contribution in [2.45, 2.75) is 6.54 Å². The van der Waals surface area contributed by atoms with Gasteiger partial charge in [0.15, 0.2) is 6.61 Å². The standard InChI is InChI=1S/C11H15ClN2O2/c1-13-6-8-3-4-10(9(12)5-8)16-7-11(15)14-2/h3-5,13H,6-7H2,1-2H3,(H,14,15). The molecule has 1 rings (SSSR count). The lowest BCUT2D eigenvalue weighted by Crippen LogP contribution is -2.24. The maximum atomic E-state index is 11.0. The van der Waals surface area contributed by atoms with Crippen LogP contribution in [-0.4, -0.2) is 26.6 Å². The number of amides is 1. The fraction of sp³-hybridized carbons (Fsp3) is 0.364. The predicted molar refractivity (Wildman–Crippen MR) is 63.8 cm³/mol. The quantitative estimate of drug-likeness (QED) is 0.816. The molecule has 1 aromatic carbocycles. The molecule has 16 heavy (non-hydrogen) atoms. The Morgan fingerprint density at radius 2 is 2.19 bits per heavy atom. The fourth-order valence-electron chi connectivity index (χ4n) is 1.19. The molecule has 1 aromatic rings. The van der Waals surface area contributed by atoms with Crippen LogP contribution in [0.1, 0.15) is 5.56 Å². The SMILES string of the molecule is CNCc1ccc(OCC(=O)NC)c(Cl)c1. The molecule has 5 heteroatoms. The molecule has 0 spiro atoms. The molecule has 1 amide bonds. The maximum Gasteiger partial charge on any atom is 0.257 e. The first-order chi connectivity index (χ1) is 7.67. The topological polar surface area (TPSA) is 50.4 Å². The van der Waals surface area contributed by atoms with Gasteiger partial charge in [0.25, 0.3) is 5.91 Å². The lowest BCUT2D eigenvalue weighted by Gasteiger charge is -2.08. The van der Waals surface area contributed by atoms with Crippen molar-refractivity contribution in [3.8, 4) is 5.75 Å². The number of hydrogen-bond donors (Lipinski definition) is 2. The van der Waals surface area contributed by atoms with E-state index in [4.69, 9.17) is 16.3 Å². The molecule has 2 N–H and O–H groups in total. The minimum atomic E-state index is -0.185. The van der Waals surface area contributed by atoms with Gasteiger partial charge in [-0.15, -0.1) is 0 Å². The Bertz CT molecular complexity index is 369. The summed E-state index contributed by atoms with van der Waals surface area (Å²) in [6.07, 6.45) is 0. The lowest BCUT2D eigenvalue weighted by molar-refractivity contribution is -0.122. The van der Waals surface area contributed by atoms with E-state index in [2.05, 4.69) is 10.6 Å². The van der Waals surface area contributed by atoms with E-state index in [9.17, 15) is 4.79 Å². The third-order valence-corrected chi connectivity index (χ3v) is 2.31. The number of nitrogens with one attached hydrogen (secondary N) is 2. The summed E-state index contributed by atoms with van der Waals surface area (Å²) in [4.78, 5) is 11.0. The van der Waals surface area contributed by atoms with Crippen LogP contribution in [0.2, 0.25) is 5.02 Å². The number of halogens is 1. The van der Waals surface area contributed by atoms with Crippen LogP contribution < -0.4 is 15.4 Å². The van der Waals surface area contributed by atoms with Gasteiger partial charge >= 0.3 is 0 Å². The molecule has 0 unspecified atom stereocenters. The Morgan fingerprint density at radius 1 is 1.44 bits per heavy atom. The molecule has 4 nitrogen and oxygen atoms in total. The summed E-state index contributed by atoms with van der Waals surface area (Å²) in [5.74, 6) is 0.334. The molecule has 0 bridgehead atoms. The molecule has 0 fully saturated rings. The summed E-state index contributed by atoms with van der Waals surface area (Å²) in [6, 6.07) is 5.48. The smallest absolute Gasteiger partial charge is 0.257 e. The van der Waals surface area contributed by atoms with E-state index in [0.29, 0.717) is 10.8 Å². The number of ether oxygens (including phenoxy) is 1. The molecule has 0 aliphatic rings. The molecule has 0 radical (unpaired) electrons. The highest BCUT2D eigenvalue weighted by Gasteiger charge is 2.05. The van der Waals surface area contributed by atoms with Crippen LogP contribution in [0.4, 0.5) is 0 Å². The predicted octanol–water partition coefficient (Wildman–Crippen LogP) is 1.18. The van der Waals surface area contributed by atoms with Gasteiger partial charge in [-0.2, -0.15) is 0 Å². The van der Waals surface area contributed by atoms with Gasteiger partial charge in [0.1, 0.15) is 5.75 Å². The van der Waals surface area contributed by atoms with Crippen LogP contribution in [0, 0.1) is 0 Å². The lowest BCUT2D eigenvalue weighted by atomic mass is 10.2. The first-order valence-corrected chi connectivity index (χ1v) is 5.31. The first kappa shape index (κ1) is 12.8. The van der Waals surface area contributed by atoms with Crippen molar-refractivity contribution in [1.82, 2.24) is 10.6 Å². The van der Waals surface area contributed by atoms with Gasteiger partial charge in [0, 0.05) is 13.6 Å². The number of likely N-dealkylation sites (N-methyl/N-ethyl adjacent to an activating group) is 1. The second-order valence-electron chi connectivity index (χ2n) is 3.26. The minimum Gasteiger partial charge on any atom is -0.482 e. The van der Waals surface area contributed by atoms with Crippen LogP contribution in [0.5, 0.6) is 5.75 Å². The van der Waals surface area contributed by atoms with Gasteiger partial charge in [-0.05, 0) is 24.7 Å². The van der Waals surface area contributed by atoms with Crippen LogP contribution in [-0.2, 0) is 11.3 Å². The zero-order valence-electron chi connectivity index (χ0n) is 9.34. The average molecular weight is 243 g/mol. The van der Waals surface area contributed by atoms with Crippen molar-refractivity contribution in [3.05, 3.63) is 28.8 Å². The van der Waals surface area contributed by atoms with Crippen molar-refractivity contribution in [2.75, 3.05) is 20.7 Å². The second kappa shape index (κ2) is 6.35. The number of benzene rings is 1. The summed E-state index contributed by atoms with van der Waals surface area (Å²) >= 11 is 6.01. The van der Waals surface area contributed by atoms with Crippen LogP contribution in [0.3, 0.4) is 0 Å². The van der Waals surface area contributed by atoms with Gasteiger partial charge in [-0.3, -0.25) is 4.79 Å². The Labute approximate surface area is 99.9 Å². The van der Waals surface area contributed by atoms with Gasteiger partial charge in [-0.25, -0.2) is 0 Å². The van der Waals surface area contributed by atoms with E-state index in [1.165, 1.54) is 0 Å². The summed E-state index contributed by atoms with van der Waals surface area (Å²) in [7, 11) is 3.42. The maximum absolute atomic E-state index is 11.0. The Hall–Kier alpha value is -1.26. The summed E-state index contributed by atoms with van der Waals surface area (Å²) in [5.41, 5.74) is 1.07. The van der Waals surface area contributed by atoms with Crippen molar-refractivity contribution in [2.24, 2.45) is 0 Å². The van der Waals surface area contributed by atoms with Crippen LogP contribution >= 0.6 is 11.6 Å². The number of carbonyl (C=O) groups excluding carboxylic acids is 1. The zero-order chi connectivity index (χ0) is 12.0. The molecular weight excluding hydrogens is 228 g/mol. The van der Waals surface area contributed by atoms with Crippen molar-refractivity contribution in [1.29, 1.82) is 0 Å². The molecule has 0 aliphatic heterocycles. The van der Waals surface area contributed by atoms with Crippen LogP contribution in [0.15, 0.2) is 18.2 Å². The van der Waals surface area contributed by atoms with Gasteiger partial charge in [-0.1, -0.05) is 17.7 Å². The fourth-order valence-corrected chi connectivity index (χ4v) is 1.45. The average Bonchev–Trinajstić information content (AvgIpc) is 2.28. The molecule has 0 saturated carbocycles. The minimum absolute atomic E-state index is 0.0262. The Balaban J connectivity index is 2.64. The van der Waals surface area contributed by atoms with E-state index in [1.54, 1.807) is 13.1 Å². The molecule has 0 heterocycles. The molecular formula is C11H15ClN2O2. The third kappa shape index (κ3) is 3.72. The normalized spacial score (nSPS) is 9.94. The number of carbonyl (C=O) groups is 1. The van der Waals surface area contributed by atoms with Gasteiger partial charge in [0.2, 0.25) is 0 Å². The highest BCUT2D eigenvalue weighted by Crippen LogP contribution is 2.25. The number of hydrogen-bond acceptors (Lipinski definition) is 3. The van der Waals surface area contributed by atoms with E-state index in [0.717, 1.165) is 12.1 Å². The third-order valence-electron chi connectivity index (χ3n) is 2.01. The molecule has 0 atom stereocenters. The molecule has 88 valence electrons. The van der Waals surface area contributed by atoms with E-state index >= 15 is 0 Å². The molecule has 0 aliphatic carbocycles. The van der Waals surface area contributed by atoms with E-state index in [1.807, 2.05) is 19.2 Å². The van der Waals surface area contributed by atoms with E-state index < -0.39 is 0 Å². The first-order valence-electron chi connectivity index (χ1n) is 4.93. The van der Waals surface area contributed by atoms with Crippen molar-refractivity contribution >= 4 is 17.5 Å². The van der Waals surface area contributed by atoms with Crippen LogP contribution in [0.25, 0.3) is 0 Å². The number of rotatable bonds is 5. The Morgan fingerprint density at radius 3 is 2.75 bits per heavy atom. The summed E-state index contributed by atoms with van der Waals surface area (Å²) in [6.45, 7) is 0.719. The second-order valence-corrected chi connectivity index (χ2v) is 3.66. The summed E-state index contributed by atoms with van der Waals surface area (Å²) in [5, 5.41) is 6.01. The monoisotopic (exact) mass is 242 g/mol. The largest absolute Gasteiger partial charge is 0.482 e.